The zero-order chi connectivity index (χ0) is 20.5. The van der Waals surface area contributed by atoms with Gasteiger partial charge in [-0.1, -0.05) is 18.2 Å². The number of benzene rings is 2. The van der Waals surface area contributed by atoms with Crippen LogP contribution in [-0.4, -0.2) is 16.8 Å². The summed E-state index contributed by atoms with van der Waals surface area (Å²) in [6.07, 6.45) is 6.68. The number of carbonyl (C=O) groups is 2. The second kappa shape index (κ2) is 9.85. The number of amides is 2. The molecule has 2 aromatic carbocycles. The third-order valence-electron chi connectivity index (χ3n) is 3.91. The van der Waals surface area contributed by atoms with E-state index in [0.29, 0.717) is 18.0 Å². The number of nitrogens with zero attached hydrogens (tertiary/aromatic N) is 1. The highest BCUT2D eigenvalue weighted by Crippen LogP contribution is 2.16. The number of aromatic nitrogens is 1. The Hall–Kier alpha value is -3.93. The van der Waals surface area contributed by atoms with Gasteiger partial charge in [-0.2, -0.15) is 0 Å². The zero-order valence-corrected chi connectivity index (χ0v) is 16.0. The zero-order valence-electron chi connectivity index (χ0n) is 16.0. The third-order valence-corrected chi connectivity index (χ3v) is 3.91. The van der Waals surface area contributed by atoms with Crippen LogP contribution in [0.1, 0.15) is 18.1 Å². The van der Waals surface area contributed by atoms with Crippen molar-refractivity contribution in [1.82, 2.24) is 4.98 Å². The van der Waals surface area contributed by atoms with E-state index < -0.39 is 0 Å². The SMILES string of the molecule is CC(=O)Nc1ccc(NC(=O)/C=C/c2ccc(OCc3cccnc3)cc2)cc1. The Morgan fingerprint density at radius 1 is 0.966 bits per heavy atom. The molecule has 0 saturated carbocycles. The standard InChI is InChI=1S/C23H21N3O3/c1-17(27)25-20-7-9-21(10-8-20)26-23(28)13-6-18-4-11-22(12-5-18)29-16-19-3-2-14-24-15-19/h2-15H,16H2,1H3,(H,25,27)(H,26,28)/b13-6+. The van der Waals surface area contributed by atoms with Gasteiger partial charge in [-0.15, -0.1) is 0 Å². The van der Waals surface area contributed by atoms with Gasteiger partial charge in [-0.3, -0.25) is 14.6 Å². The van der Waals surface area contributed by atoms with Gasteiger partial charge in [0.15, 0.2) is 0 Å². The van der Waals surface area contributed by atoms with E-state index in [4.69, 9.17) is 4.74 Å². The lowest BCUT2D eigenvalue weighted by molar-refractivity contribution is -0.114. The molecule has 0 bridgehead atoms. The van der Waals surface area contributed by atoms with E-state index in [9.17, 15) is 9.59 Å². The Morgan fingerprint density at radius 3 is 2.28 bits per heavy atom. The molecule has 29 heavy (non-hydrogen) atoms. The van der Waals surface area contributed by atoms with Crippen molar-refractivity contribution in [2.45, 2.75) is 13.5 Å². The molecule has 3 rings (SSSR count). The van der Waals surface area contributed by atoms with Gasteiger partial charge in [0.1, 0.15) is 12.4 Å². The molecule has 0 aliphatic rings. The van der Waals surface area contributed by atoms with Gasteiger partial charge in [0.2, 0.25) is 11.8 Å². The molecular formula is C23H21N3O3. The van der Waals surface area contributed by atoms with Crippen LogP contribution in [0.25, 0.3) is 6.08 Å². The summed E-state index contributed by atoms with van der Waals surface area (Å²) in [5.74, 6) is 0.363. The molecule has 6 heteroatoms. The summed E-state index contributed by atoms with van der Waals surface area (Å²) in [6, 6.07) is 18.2. The predicted molar refractivity (Wildman–Crippen MR) is 113 cm³/mol. The maximum Gasteiger partial charge on any atom is 0.248 e. The van der Waals surface area contributed by atoms with E-state index >= 15 is 0 Å². The molecule has 0 atom stereocenters. The van der Waals surface area contributed by atoms with Gasteiger partial charge < -0.3 is 15.4 Å². The van der Waals surface area contributed by atoms with Gasteiger partial charge in [0.25, 0.3) is 0 Å². The molecule has 0 spiro atoms. The van der Waals surface area contributed by atoms with Crippen molar-refractivity contribution >= 4 is 29.3 Å². The minimum Gasteiger partial charge on any atom is -0.489 e. The predicted octanol–water partition coefficient (Wildman–Crippen LogP) is 4.27. The second-order valence-corrected chi connectivity index (χ2v) is 6.30. The Bertz CT molecular complexity index is 982. The van der Waals surface area contributed by atoms with Crippen molar-refractivity contribution < 1.29 is 14.3 Å². The maximum atomic E-state index is 12.1. The number of nitrogens with one attached hydrogen (secondary N) is 2. The average molecular weight is 387 g/mol. The first-order valence-corrected chi connectivity index (χ1v) is 9.07. The van der Waals surface area contributed by atoms with Crippen molar-refractivity contribution in [2.24, 2.45) is 0 Å². The van der Waals surface area contributed by atoms with E-state index in [-0.39, 0.29) is 11.8 Å². The van der Waals surface area contributed by atoms with E-state index in [1.165, 1.54) is 13.0 Å². The second-order valence-electron chi connectivity index (χ2n) is 6.30. The molecule has 2 amide bonds. The summed E-state index contributed by atoms with van der Waals surface area (Å²) < 4.78 is 5.72. The number of pyridine rings is 1. The van der Waals surface area contributed by atoms with Crippen molar-refractivity contribution in [3.63, 3.8) is 0 Å². The molecule has 1 heterocycles. The summed E-state index contributed by atoms with van der Waals surface area (Å²) in [6.45, 7) is 1.89. The number of carbonyl (C=O) groups excluding carboxylic acids is 2. The Labute approximate surface area is 169 Å². The number of hydrogen-bond donors (Lipinski definition) is 2. The number of rotatable bonds is 7. The van der Waals surface area contributed by atoms with Crippen LogP contribution in [0.4, 0.5) is 11.4 Å². The van der Waals surface area contributed by atoms with E-state index in [1.807, 2.05) is 36.4 Å². The van der Waals surface area contributed by atoms with E-state index in [2.05, 4.69) is 15.6 Å². The van der Waals surface area contributed by atoms with Crippen LogP contribution in [0.3, 0.4) is 0 Å². The summed E-state index contributed by atoms with van der Waals surface area (Å²) in [5.41, 5.74) is 3.21. The molecule has 6 nitrogen and oxygen atoms in total. The van der Waals surface area contributed by atoms with Crippen LogP contribution < -0.4 is 15.4 Å². The van der Waals surface area contributed by atoms with E-state index in [0.717, 1.165) is 16.9 Å². The number of hydrogen-bond acceptors (Lipinski definition) is 4. The van der Waals surface area contributed by atoms with Gasteiger partial charge in [-0.05, 0) is 54.1 Å². The quantitative estimate of drug-likeness (QED) is 0.593. The maximum absolute atomic E-state index is 12.1. The van der Waals surface area contributed by atoms with Crippen LogP contribution in [0.2, 0.25) is 0 Å². The minimum absolute atomic E-state index is 0.141. The van der Waals surface area contributed by atoms with Gasteiger partial charge in [0.05, 0.1) is 0 Å². The normalized spacial score (nSPS) is 10.5. The number of ether oxygens (including phenoxy) is 1. The highest BCUT2D eigenvalue weighted by molar-refractivity contribution is 6.02. The van der Waals surface area contributed by atoms with Crippen LogP contribution in [0.15, 0.2) is 79.1 Å². The molecule has 2 N–H and O–H groups in total. The average Bonchev–Trinajstić information content (AvgIpc) is 2.73. The monoisotopic (exact) mass is 387 g/mol. The molecule has 0 aliphatic heterocycles. The first-order chi connectivity index (χ1) is 14.1. The van der Waals surface area contributed by atoms with Crippen LogP contribution in [-0.2, 0) is 16.2 Å². The fraction of sp³-hybridized carbons (Fsp3) is 0.0870. The van der Waals surface area contributed by atoms with Crippen LogP contribution in [0.5, 0.6) is 5.75 Å². The Kier molecular flexibility index (Phi) is 6.73. The summed E-state index contributed by atoms with van der Waals surface area (Å²) in [7, 11) is 0. The van der Waals surface area contributed by atoms with Crippen molar-refractivity contribution in [2.75, 3.05) is 10.6 Å². The lowest BCUT2D eigenvalue weighted by Gasteiger charge is -2.06. The topological polar surface area (TPSA) is 80.3 Å². The van der Waals surface area contributed by atoms with Gasteiger partial charge >= 0.3 is 0 Å². The first-order valence-electron chi connectivity index (χ1n) is 9.07. The van der Waals surface area contributed by atoms with Crippen molar-refractivity contribution in [3.8, 4) is 5.75 Å². The highest BCUT2D eigenvalue weighted by Gasteiger charge is 2.00. The molecule has 0 unspecified atom stereocenters. The first kappa shape index (κ1) is 19.8. The molecule has 0 saturated heterocycles. The molecule has 0 aliphatic carbocycles. The highest BCUT2D eigenvalue weighted by atomic mass is 16.5. The lowest BCUT2D eigenvalue weighted by Crippen LogP contribution is -2.08. The molecule has 3 aromatic rings. The van der Waals surface area contributed by atoms with E-state index in [1.54, 1.807) is 42.7 Å². The van der Waals surface area contributed by atoms with Gasteiger partial charge in [-0.25, -0.2) is 0 Å². The van der Waals surface area contributed by atoms with Gasteiger partial charge in [0, 0.05) is 42.3 Å². The van der Waals surface area contributed by atoms with Crippen LogP contribution in [0, 0.1) is 0 Å². The minimum atomic E-state index is -0.241. The Morgan fingerprint density at radius 2 is 1.66 bits per heavy atom. The summed E-state index contributed by atoms with van der Waals surface area (Å²) >= 11 is 0. The summed E-state index contributed by atoms with van der Waals surface area (Å²) in [4.78, 5) is 27.1. The molecule has 146 valence electrons. The molecule has 0 fully saturated rings. The van der Waals surface area contributed by atoms with Crippen LogP contribution >= 0.6 is 0 Å². The van der Waals surface area contributed by atoms with Crippen molar-refractivity contribution in [3.05, 3.63) is 90.3 Å². The smallest absolute Gasteiger partial charge is 0.248 e. The fourth-order valence-corrected chi connectivity index (χ4v) is 2.52. The molecular weight excluding hydrogens is 366 g/mol. The molecule has 1 aromatic heterocycles. The third kappa shape index (κ3) is 6.62. The number of anilines is 2. The fourth-order valence-electron chi connectivity index (χ4n) is 2.52. The van der Waals surface area contributed by atoms with Crippen molar-refractivity contribution in [1.29, 1.82) is 0 Å². The summed E-state index contributed by atoms with van der Waals surface area (Å²) in [5, 5.41) is 5.45. The molecule has 0 radical (unpaired) electrons. The Balaban J connectivity index is 1.50. The lowest BCUT2D eigenvalue weighted by atomic mass is 10.2. The largest absolute Gasteiger partial charge is 0.489 e.